The lowest BCUT2D eigenvalue weighted by molar-refractivity contribution is 0.0963. The molecule has 0 radical (unpaired) electrons. The Hall–Kier alpha value is -1.85. The topological polar surface area (TPSA) is 67.2 Å². The summed E-state index contributed by atoms with van der Waals surface area (Å²) in [6.45, 7) is -0.520. The van der Waals surface area contributed by atoms with E-state index in [9.17, 15) is 13.6 Å². The summed E-state index contributed by atoms with van der Waals surface area (Å²) in [4.78, 5) is 11.4. The molecule has 0 unspecified atom stereocenters. The minimum atomic E-state index is -2.49. The summed E-state index contributed by atoms with van der Waals surface area (Å²) < 4.78 is 24.1. The number of anilines is 2. The van der Waals surface area contributed by atoms with Crippen molar-refractivity contribution in [2.45, 2.75) is 6.43 Å². The van der Waals surface area contributed by atoms with Crippen molar-refractivity contribution >= 4 is 17.3 Å². The molecule has 0 spiro atoms. The average Bonchev–Trinajstić information content (AvgIpc) is 2.25. The van der Waals surface area contributed by atoms with Gasteiger partial charge in [-0.3, -0.25) is 4.79 Å². The van der Waals surface area contributed by atoms with Gasteiger partial charge in [-0.2, -0.15) is 0 Å². The number of benzene rings is 1. The summed E-state index contributed by atoms with van der Waals surface area (Å²) in [5.74, 6) is -0.350. The number of alkyl halides is 2. The van der Waals surface area contributed by atoms with E-state index in [2.05, 4.69) is 10.6 Å². The Bertz CT molecular complexity index is 382. The molecule has 0 aromatic heterocycles. The van der Waals surface area contributed by atoms with Gasteiger partial charge in [-0.1, -0.05) is 0 Å². The molecule has 1 amide bonds. The standard InChI is InChI=1S/C10H13F2N3O/c1-14-10(16)7-3-2-6(13)4-8(7)15-5-9(11)12/h2-4,9,15H,5,13H2,1H3,(H,14,16). The van der Waals surface area contributed by atoms with Gasteiger partial charge in [0.15, 0.2) is 0 Å². The van der Waals surface area contributed by atoms with Crippen molar-refractivity contribution in [3.8, 4) is 0 Å². The maximum atomic E-state index is 12.0. The van der Waals surface area contributed by atoms with Crippen LogP contribution in [0, 0.1) is 0 Å². The van der Waals surface area contributed by atoms with Crippen molar-refractivity contribution in [1.82, 2.24) is 5.32 Å². The van der Waals surface area contributed by atoms with Crippen LogP contribution in [-0.2, 0) is 0 Å². The predicted molar refractivity (Wildman–Crippen MR) is 58.7 cm³/mol. The zero-order chi connectivity index (χ0) is 12.1. The van der Waals surface area contributed by atoms with Crippen molar-refractivity contribution in [2.75, 3.05) is 24.6 Å². The highest BCUT2D eigenvalue weighted by atomic mass is 19.3. The van der Waals surface area contributed by atoms with Gasteiger partial charge in [0.1, 0.15) is 0 Å². The fraction of sp³-hybridized carbons (Fsp3) is 0.300. The van der Waals surface area contributed by atoms with Gasteiger partial charge in [0, 0.05) is 18.4 Å². The Morgan fingerprint density at radius 3 is 2.75 bits per heavy atom. The minimum absolute atomic E-state index is 0.289. The van der Waals surface area contributed by atoms with Crippen LogP contribution in [0.15, 0.2) is 18.2 Å². The number of carbonyl (C=O) groups is 1. The molecule has 0 fully saturated rings. The van der Waals surface area contributed by atoms with Gasteiger partial charge in [-0.05, 0) is 18.2 Å². The maximum absolute atomic E-state index is 12.0. The van der Waals surface area contributed by atoms with Crippen LogP contribution in [-0.4, -0.2) is 25.9 Å². The number of rotatable bonds is 4. The molecule has 1 rings (SSSR count). The molecule has 0 aliphatic rings. The lowest BCUT2D eigenvalue weighted by atomic mass is 10.1. The van der Waals surface area contributed by atoms with Gasteiger partial charge < -0.3 is 16.4 Å². The highest BCUT2D eigenvalue weighted by molar-refractivity contribution is 6.00. The third kappa shape index (κ3) is 3.08. The second-order valence-electron chi connectivity index (χ2n) is 3.16. The fourth-order valence-corrected chi connectivity index (χ4v) is 1.23. The molecule has 1 aromatic rings. The first kappa shape index (κ1) is 12.2. The zero-order valence-electron chi connectivity index (χ0n) is 8.76. The SMILES string of the molecule is CNC(=O)c1ccc(N)cc1NCC(F)F. The molecule has 0 aliphatic carbocycles. The lowest BCUT2D eigenvalue weighted by Gasteiger charge is -2.11. The zero-order valence-corrected chi connectivity index (χ0v) is 8.76. The highest BCUT2D eigenvalue weighted by Gasteiger charge is 2.11. The molecular weight excluding hydrogens is 216 g/mol. The van der Waals surface area contributed by atoms with E-state index in [4.69, 9.17) is 5.73 Å². The van der Waals surface area contributed by atoms with E-state index in [0.717, 1.165) is 0 Å². The van der Waals surface area contributed by atoms with Crippen LogP contribution in [0.5, 0.6) is 0 Å². The Kier molecular flexibility index (Phi) is 4.04. The van der Waals surface area contributed by atoms with Crippen LogP contribution in [0.4, 0.5) is 20.2 Å². The molecular formula is C10H13F2N3O. The molecule has 4 N–H and O–H groups in total. The normalized spacial score (nSPS) is 10.2. The van der Waals surface area contributed by atoms with Crippen LogP contribution >= 0.6 is 0 Å². The fourth-order valence-electron chi connectivity index (χ4n) is 1.23. The largest absolute Gasteiger partial charge is 0.399 e. The molecule has 0 saturated carbocycles. The van der Waals surface area contributed by atoms with Crippen molar-refractivity contribution in [1.29, 1.82) is 0 Å². The minimum Gasteiger partial charge on any atom is -0.399 e. The predicted octanol–water partition coefficient (Wildman–Crippen LogP) is 1.31. The first-order chi connectivity index (χ1) is 7.54. The van der Waals surface area contributed by atoms with E-state index in [0.29, 0.717) is 11.4 Å². The number of carbonyl (C=O) groups excluding carboxylic acids is 1. The molecule has 6 heteroatoms. The van der Waals surface area contributed by atoms with E-state index in [1.54, 1.807) is 0 Å². The van der Waals surface area contributed by atoms with E-state index in [1.807, 2.05) is 0 Å². The quantitative estimate of drug-likeness (QED) is 0.682. The Morgan fingerprint density at radius 1 is 1.50 bits per heavy atom. The van der Waals surface area contributed by atoms with E-state index in [1.165, 1.54) is 25.2 Å². The first-order valence-electron chi connectivity index (χ1n) is 4.68. The van der Waals surface area contributed by atoms with Gasteiger partial charge in [0.25, 0.3) is 12.3 Å². The van der Waals surface area contributed by atoms with Crippen LogP contribution < -0.4 is 16.4 Å². The maximum Gasteiger partial charge on any atom is 0.255 e. The number of hydrogen-bond donors (Lipinski definition) is 3. The number of hydrogen-bond acceptors (Lipinski definition) is 3. The Labute approximate surface area is 91.8 Å². The molecule has 0 aliphatic heterocycles. The molecule has 0 atom stereocenters. The number of nitrogen functional groups attached to an aromatic ring is 1. The van der Waals surface area contributed by atoms with Gasteiger partial charge >= 0.3 is 0 Å². The Morgan fingerprint density at radius 2 is 2.19 bits per heavy atom. The summed E-state index contributed by atoms with van der Waals surface area (Å²) in [5, 5.41) is 4.90. The second-order valence-corrected chi connectivity index (χ2v) is 3.16. The number of halogens is 2. The summed E-state index contributed by atoms with van der Waals surface area (Å²) in [7, 11) is 1.47. The van der Waals surface area contributed by atoms with Gasteiger partial charge in [-0.15, -0.1) is 0 Å². The van der Waals surface area contributed by atoms with Crippen LogP contribution in [0.2, 0.25) is 0 Å². The van der Waals surface area contributed by atoms with Gasteiger partial charge in [-0.25, -0.2) is 8.78 Å². The van der Waals surface area contributed by atoms with Gasteiger partial charge in [0.2, 0.25) is 0 Å². The molecule has 16 heavy (non-hydrogen) atoms. The highest BCUT2D eigenvalue weighted by Crippen LogP contribution is 2.19. The third-order valence-corrected chi connectivity index (χ3v) is 1.96. The van der Waals surface area contributed by atoms with Crippen molar-refractivity contribution in [3.63, 3.8) is 0 Å². The summed E-state index contributed by atoms with van der Waals surface area (Å²) in [6, 6.07) is 4.48. The lowest BCUT2D eigenvalue weighted by Crippen LogP contribution is -2.21. The van der Waals surface area contributed by atoms with Crippen molar-refractivity contribution < 1.29 is 13.6 Å². The molecule has 1 aromatic carbocycles. The number of nitrogens with two attached hydrogens (primary N) is 1. The monoisotopic (exact) mass is 229 g/mol. The van der Waals surface area contributed by atoms with Crippen LogP contribution in [0.3, 0.4) is 0 Å². The van der Waals surface area contributed by atoms with E-state index in [-0.39, 0.29) is 11.5 Å². The summed E-state index contributed by atoms with van der Waals surface area (Å²) >= 11 is 0. The summed E-state index contributed by atoms with van der Waals surface area (Å²) in [5.41, 5.74) is 6.52. The molecule has 4 nitrogen and oxygen atoms in total. The van der Waals surface area contributed by atoms with E-state index >= 15 is 0 Å². The number of nitrogens with one attached hydrogen (secondary N) is 2. The molecule has 88 valence electrons. The average molecular weight is 229 g/mol. The first-order valence-corrected chi connectivity index (χ1v) is 4.68. The van der Waals surface area contributed by atoms with E-state index < -0.39 is 13.0 Å². The molecule has 0 saturated heterocycles. The van der Waals surface area contributed by atoms with Crippen LogP contribution in [0.1, 0.15) is 10.4 Å². The molecule has 0 bridgehead atoms. The second kappa shape index (κ2) is 5.29. The number of amides is 1. The van der Waals surface area contributed by atoms with Gasteiger partial charge in [0.05, 0.1) is 12.1 Å². The van der Waals surface area contributed by atoms with Crippen LogP contribution in [0.25, 0.3) is 0 Å². The Balaban J connectivity index is 2.94. The molecule has 0 heterocycles. The summed E-state index contributed by atoms with van der Waals surface area (Å²) in [6.07, 6.45) is -2.49. The van der Waals surface area contributed by atoms with Crippen molar-refractivity contribution in [3.05, 3.63) is 23.8 Å². The van der Waals surface area contributed by atoms with Crippen molar-refractivity contribution in [2.24, 2.45) is 0 Å². The third-order valence-electron chi connectivity index (χ3n) is 1.96. The smallest absolute Gasteiger partial charge is 0.255 e.